The van der Waals surface area contributed by atoms with Crippen LogP contribution in [0.4, 0.5) is 17.1 Å². The van der Waals surface area contributed by atoms with Gasteiger partial charge in [-0.3, -0.25) is 9.78 Å². The van der Waals surface area contributed by atoms with Crippen molar-refractivity contribution in [3.05, 3.63) is 48.3 Å². The molecule has 0 unspecified atom stereocenters. The molecule has 126 valence electrons. The Labute approximate surface area is 141 Å². The first-order valence-corrected chi connectivity index (χ1v) is 8.22. The maximum atomic E-state index is 12.3. The predicted octanol–water partition coefficient (Wildman–Crippen LogP) is 1.89. The molecule has 1 saturated heterocycles. The fraction of sp³-hybridized carbons (Fsp3) is 0.333. The lowest BCUT2D eigenvalue weighted by atomic mass is 9.96. The molecule has 1 aromatic carbocycles. The van der Waals surface area contributed by atoms with Crippen LogP contribution in [0.15, 0.2) is 42.7 Å². The molecule has 0 radical (unpaired) electrons. The summed E-state index contributed by atoms with van der Waals surface area (Å²) in [5.74, 6) is 0.325. The SMILES string of the molecule is Nc1cccc(C(=O)NCC2CCN(c3ccncc3)CC2)c1N. The molecule has 2 heterocycles. The number of rotatable bonds is 4. The smallest absolute Gasteiger partial charge is 0.253 e. The van der Waals surface area contributed by atoms with Crippen molar-refractivity contribution in [2.75, 3.05) is 36.0 Å². The van der Waals surface area contributed by atoms with Crippen molar-refractivity contribution in [1.82, 2.24) is 10.3 Å². The van der Waals surface area contributed by atoms with Gasteiger partial charge in [-0.25, -0.2) is 0 Å². The zero-order chi connectivity index (χ0) is 16.9. The van der Waals surface area contributed by atoms with Crippen molar-refractivity contribution in [1.29, 1.82) is 0 Å². The van der Waals surface area contributed by atoms with Gasteiger partial charge in [-0.2, -0.15) is 0 Å². The molecule has 1 fully saturated rings. The summed E-state index contributed by atoms with van der Waals surface area (Å²) < 4.78 is 0. The summed E-state index contributed by atoms with van der Waals surface area (Å²) in [7, 11) is 0. The summed E-state index contributed by atoms with van der Waals surface area (Å²) in [5, 5.41) is 2.99. The number of para-hydroxylation sites is 1. The molecule has 24 heavy (non-hydrogen) atoms. The molecule has 0 aliphatic carbocycles. The highest BCUT2D eigenvalue weighted by molar-refractivity contribution is 6.01. The molecule has 6 nitrogen and oxygen atoms in total. The summed E-state index contributed by atoms with van der Waals surface area (Å²) in [4.78, 5) is 18.7. The van der Waals surface area contributed by atoms with Gasteiger partial charge in [0.2, 0.25) is 0 Å². The summed E-state index contributed by atoms with van der Waals surface area (Å²) in [6.07, 6.45) is 5.74. The number of carbonyl (C=O) groups excluding carboxylic acids is 1. The van der Waals surface area contributed by atoms with E-state index in [2.05, 4.69) is 15.2 Å². The standard InChI is InChI=1S/C18H23N5O/c19-16-3-1-2-15(17(16)20)18(24)22-12-13-6-10-23(11-7-13)14-4-8-21-9-5-14/h1-5,8-9,13H,6-7,10-12,19-20H2,(H,22,24). The molecule has 1 aliphatic rings. The number of hydrogen-bond acceptors (Lipinski definition) is 5. The van der Waals surface area contributed by atoms with Crippen molar-refractivity contribution in [3.63, 3.8) is 0 Å². The van der Waals surface area contributed by atoms with Crippen LogP contribution in [0.5, 0.6) is 0 Å². The van der Waals surface area contributed by atoms with Crippen LogP contribution in [-0.4, -0.2) is 30.5 Å². The molecule has 1 aromatic heterocycles. The Morgan fingerprint density at radius 1 is 1.17 bits per heavy atom. The summed E-state index contributed by atoms with van der Waals surface area (Å²) in [5.41, 5.74) is 14.1. The molecule has 5 N–H and O–H groups in total. The number of nitrogens with zero attached hydrogens (tertiary/aromatic N) is 2. The van der Waals surface area contributed by atoms with E-state index < -0.39 is 0 Å². The third kappa shape index (κ3) is 3.59. The molecule has 1 amide bonds. The number of pyridine rings is 1. The minimum Gasteiger partial charge on any atom is -0.397 e. The lowest BCUT2D eigenvalue weighted by Gasteiger charge is -2.33. The molecular weight excluding hydrogens is 302 g/mol. The van der Waals surface area contributed by atoms with Crippen molar-refractivity contribution < 1.29 is 4.79 Å². The van der Waals surface area contributed by atoms with Crippen LogP contribution in [0.25, 0.3) is 0 Å². The van der Waals surface area contributed by atoms with E-state index in [1.165, 1.54) is 5.69 Å². The number of carbonyl (C=O) groups is 1. The van der Waals surface area contributed by atoms with E-state index in [0.717, 1.165) is 25.9 Å². The molecule has 3 rings (SSSR count). The minimum absolute atomic E-state index is 0.156. The van der Waals surface area contributed by atoms with E-state index in [0.29, 0.717) is 29.4 Å². The Bertz CT molecular complexity index is 696. The third-order valence-electron chi connectivity index (χ3n) is 4.58. The topological polar surface area (TPSA) is 97.3 Å². The van der Waals surface area contributed by atoms with E-state index in [1.807, 2.05) is 24.5 Å². The molecule has 0 bridgehead atoms. The summed E-state index contributed by atoms with van der Waals surface area (Å²) in [6.45, 7) is 2.65. The number of anilines is 3. The number of nitrogens with one attached hydrogen (secondary N) is 1. The molecule has 0 atom stereocenters. The van der Waals surface area contributed by atoms with Crippen molar-refractivity contribution >= 4 is 23.0 Å². The van der Waals surface area contributed by atoms with Crippen LogP contribution >= 0.6 is 0 Å². The molecule has 1 aliphatic heterocycles. The molecule has 0 spiro atoms. The van der Waals surface area contributed by atoms with Crippen LogP contribution in [0.2, 0.25) is 0 Å². The Morgan fingerprint density at radius 2 is 1.88 bits per heavy atom. The number of benzene rings is 1. The second kappa shape index (κ2) is 7.21. The van der Waals surface area contributed by atoms with Crippen LogP contribution in [0.1, 0.15) is 23.2 Å². The number of hydrogen-bond donors (Lipinski definition) is 3. The third-order valence-corrected chi connectivity index (χ3v) is 4.58. The van der Waals surface area contributed by atoms with Crippen molar-refractivity contribution in [2.45, 2.75) is 12.8 Å². The molecule has 0 saturated carbocycles. The fourth-order valence-electron chi connectivity index (χ4n) is 3.06. The maximum absolute atomic E-state index is 12.3. The van der Waals surface area contributed by atoms with E-state index in [1.54, 1.807) is 18.2 Å². The van der Waals surface area contributed by atoms with E-state index >= 15 is 0 Å². The molecule has 2 aromatic rings. The second-order valence-electron chi connectivity index (χ2n) is 6.15. The number of nitrogens with two attached hydrogens (primary N) is 2. The highest BCUT2D eigenvalue weighted by Gasteiger charge is 2.20. The Morgan fingerprint density at radius 3 is 2.58 bits per heavy atom. The fourth-order valence-corrected chi connectivity index (χ4v) is 3.06. The Kier molecular flexibility index (Phi) is 4.84. The predicted molar refractivity (Wildman–Crippen MR) is 96.8 cm³/mol. The largest absolute Gasteiger partial charge is 0.397 e. The average Bonchev–Trinajstić information content (AvgIpc) is 2.63. The minimum atomic E-state index is -0.156. The van der Waals surface area contributed by atoms with Crippen LogP contribution in [0.3, 0.4) is 0 Å². The number of amides is 1. The molecule has 6 heteroatoms. The van der Waals surface area contributed by atoms with Crippen molar-refractivity contribution in [3.8, 4) is 0 Å². The van der Waals surface area contributed by atoms with Gasteiger partial charge in [0.15, 0.2) is 0 Å². The Balaban J connectivity index is 1.50. The van der Waals surface area contributed by atoms with Gasteiger partial charge in [0.25, 0.3) is 5.91 Å². The monoisotopic (exact) mass is 325 g/mol. The number of aromatic nitrogens is 1. The maximum Gasteiger partial charge on any atom is 0.253 e. The highest BCUT2D eigenvalue weighted by atomic mass is 16.1. The Hall–Kier alpha value is -2.76. The van der Waals surface area contributed by atoms with Gasteiger partial charge in [0.1, 0.15) is 0 Å². The normalized spacial score (nSPS) is 15.2. The average molecular weight is 325 g/mol. The second-order valence-corrected chi connectivity index (χ2v) is 6.15. The van der Waals surface area contributed by atoms with Gasteiger partial charge in [-0.15, -0.1) is 0 Å². The highest BCUT2D eigenvalue weighted by Crippen LogP contribution is 2.23. The molecular formula is C18H23N5O. The van der Waals surface area contributed by atoms with Crippen LogP contribution in [-0.2, 0) is 0 Å². The van der Waals surface area contributed by atoms with E-state index in [9.17, 15) is 4.79 Å². The van der Waals surface area contributed by atoms with Gasteiger partial charge in [0.05, 0.1) is 16.9 Å². The number of nitrogen functional groups attached to an aromatic ring is 2. The lowest BCUT2D eigenvalue weighted by molar-refractivity contribution is 0.0946. The van der Waals surface area contributed by atoms with Gasteiger partial charge in [-0.1, -0.05) is 6.07 Å². The summed E-state index contributed by atoms with van der Waals surface area (Å²) >= 11 is 0. The van der Waals surface area contributed by atoms with Gasteiger partial charge < -0.3 is 21.7 Å². The van der Waals surface area contributed by atoms with Crippen LogP contribution in [0, 0.1) is 5.92 Å². The zero-order valence-electron chi connectivity index (χ0n) is 13.6. The summed E-state index contributed by atoms with van der Waals surface area (Å²) in [6, 6.07) is 9.21. The van der Waals surface area contributed by atoms with E-state index in [-0.39, 0.29) is 5.91 Å². The first-order chi connectivity index (χ1) is 11.6. The van der Waals surface area contributed by atoms with Crippen LogP contribution < -0.4 is 21.7 Å². The quantitative estimate of drug-likeness (QED) is 0.746. The first kappa shape index (κ1) is 16.1. The number of piperidine rings is 1. The van der Waals surface area contributed by atoms with E-state index in [4.69, 9.17) is 11.5 Å². The first-order valence-electron chi connectivity index (χ1n) is 8.22. The van der Waals surface area contributed by atoms with Crippen molar-refractivity contribution in [2.24, 2.45) is 5.92 Å². The van der Waals surface area contributed by atoms with Gasteiger partial charge in [0, 0.05) is 37.7 Å². The van der Waals surface area contributed by atoms with Gasteiger partial charge in [-0.05, 0) is 43.0 Å². The zero-order valence-corrected chi connectivity index (χ0v) is 13.6. The van der Waals surface area contributed by atoms with Gasteiger partial charge >= 0.3 is 0 Å². The lowest BCUT2D eigenvalue weighted by Crippen LogP contribution is -2.38.